The first-order valence-corrected chi connectivity index (χ1v) is 2.96. The second-order valence-corrected chi connectivity index (χ2v) is 1.92. The van der Waals surface area contributed by atoms with Crippen LogP contribution in [-0.2, 0) is 0 Å². The van der Waals surface area contributed by atoms with Gasteiger partial charge in [0, 0.05) is 5.33 Å². The second-order valence-electron chi connectivity index (χ2n) is 1.13. The minimum Gasteiger partial charge on any atom is -0.393 e. The van der Waals surface area contributed by atoms with E-state index in [1.807, 2.05) is 0 Å². The third-order valence-electron chi connectivity index (χ3n) is 0.442. The van der Waals surface area contributed by atoms with E-state index in [1.54, 1.807) is 0 Å². The summed E-state index contributed by atoms with van der Waals surface area (Å²) in [6.45, 7) is 3.35. The van der Waals surface area contributed by atoms with E-state index in [0.29, 0.717) is 0 Å². The van der Waals surface area contributed by atoms with Crippen molar-refractivity contribution in [1.82, 2.24) is 0 Å². The van der Waals surface area contributed by atoms with Crippen LogP contribution in [0.4, 0.5) is 0 Å². The van der Waals surface area contributed by atoms with Gasteiger partial charge in [0.25, 0.3) is 0 Å². The first kappa shape index (κ1) is 6.44. The molecule has 0 fully saturated rings. The van der Waals surface area contributed by atoms with Crippen LogP contribution in [0.5, 0.6) is 0 Å². The molecule has 2 heteroatoms. The molecule has 0 saturated carbocycles. The Morgan fingerprint density at radius 1 is 1.83 bits per heavy atom. The molecule has 0 heterocycles. The topological polar surface area (TPSA) is 20.2 Å². The van der Waals surface area contributed by atoms with Crippen molar-refractivity contribution in [2.24, 2.45) is 0 Å². The van der Waals surface area contributed by atoms with Crippen molar-refractivity contribution in [3.8, 4) is 0 Å². The highest BCUT2D eigenvalue weighted by molar-refractivity contribution is 9.09. The molecule has 0 amide bonds. The molecule has 0 aliphatic carbocycles. The molecule has 0 aliphatic heterocycles. The zero-order chi connectivity index (χ0) is 4.99. The first-order valence-electron chi connectivity index (χ1n) is 1.84. The highest BCUT2D eigenvalue weighted by Gasteiger charge is 1.88. The van der Waals surface area contributed by atoms with Crippen LogP contribution in [0, 0.1) is 6.92 Å². The van der Waals surface area contributed by atoms with Crippen LogP contribution in [0.1, 0.15) is 6.42 Å². The molecule has 0 aromatic rings. The van der Waals surface area contributed by atoms with Crippen LogP contribution in [0.25, 0.3) is 0 Å². The fraction of sp³-hybridized carbons (Fsp3) is 0.750. The number of alkyl halides is 1. The highest BCUT2D eigenvalue weighted by Crippen LogP contribution is 1.91. The normalized spacial score (nSPS) is 14.5. The molecule has 0 rings (SSSR count). The first-order chi connectivity index (χ1) is 2.77. The average Bonchev–Trinajstić information content (AvgIpc) is 1.35. The van der Waals surface area contributed by atoms with Crippen molar-refractivity contribution in [2.45, 2.75) is 12.5 Å². The Labute approximate surface area is 46.5 Å². The molecular weight excluding hydrogens is 144 g/mol. The van der Waals surface area contributed by atoms with Gasteiger partial charge in [0.15, 0.2) is 0 Å². The van der Waals surface area contributed by atoms with E-state index < -0.39 is 6.10 Å². The molecule has 6 heavy (non-hydrogen) atoms. The zero-order valence-electron chi connectivity index (χ0n) is 3.52. The van der Waals surface area contributed by atoms with Crippen LogP contribution in [0.3, 0.4) is 0 Å². The predicted molar refractivity (Wildman–Crippen MR) is 29.8 cm³/mol. The number of rotatable bonds is 2. The summed E-state index contributed by atoms with van der Waals surface area (Å²) in [6.07, 6.45) is 0.337. The summed E-state index contributed by atoms with van der Waals surface area (Å²) in [5.74, 6) is 0. The third-order valence-corrected chi connectivity index (χ3v) is 0.900. The van der Waals surface area contributed by atoms with Crippen molar-refractivity contribution in [3.05, 3.63) is 6.92 Å². The molecule has 0 aliphatic rings. The molecule has 1 nitrogen and oxygen atoms in total. The molecule has 1 radical (unpaired) electrons. The maximum Gasteiger partial charge on any atom is 0.0549 e. The Balaban J connectivity index is 2.63. The Kier molecular flexibility index (Phi) is 3.89. The van der Waals surface area contributed by atoms with E-state index in [1.165, 1.54) is 0 Å². The number of halogens is 1. The molecule has 0 aromatic heterocycles. The van der Waals surface area contributed by atoms with Gasteiger partial charge in [-0.1, -0.05) is 15.9 Å². The third kappa shape index (κ3) is 4.44. The van der Waals surface area contributed by atoms with Crippen LogP contribution in [0.2, 0.25) is 0 Å². The molecule has 0 saturated heterocycles. The Bertz CT molecular complexity index is 28.7. The summed E-state index contributed by atoms with van der Waals surface area (Å²) in [6, 6.07) is 0. The summed E-state index contributed by atoms with van der Waals surface area (Å²) in [5, 5.41) is 9.24. The van der Waals surface area contributed by atoms with E-state index in [4.69, 9.17) is 5.11 Å². The van der Waals surface area contributed by atoms with Gasteiger partial charge >= 0.3 is 0 Å². The molecule has 37 valence electrons. The lowest BCUT2D eigenvalue weighted by molar-refractivity contribution is 0.218. The SMILES string of the molecule is [CH2]C(O)CCBr. The summed E-state index contributed by atoms with van der Waals surface area (Å²) < 4.78 is 0. The molecular formula is C4H8BrO. The number of hydrogen-bond acceptors (Lipinski definition) is 1. The summed E-state index contributed by atoms with van der Waals surface area (Å²) in [5.41, 5.74) is 0. The van der Waals surface area contributed by atoms with Gasteiger partial charge in [-0.15, -0.1) is 0 Å². The highest BCUT2D eigenvalue weighted by atomic mass is 79.9. The molecule has 1 unspecified atom stereocenters. The molecule has 0 spiro atoms. The van der Waals surface area contributed by atoms with Crippen molar-refractivity contribution in [1.29, 1.82) is 0 Å². The maximum atomic E-state index is 8.41. The van der Waals surface area contributed by atoms with Gasteiger partial charge in [0.1, 0.15) is 0 Å². The lowest BCUT2D eigenvalue weighted by Crippen LogP contribution is -1.98. The van der Waals surface area contributed by atoms with Crippen LogP contribution >= 0.6 is 15.9 Å². The predicted octanol–water partition coefficient (Wildman–Crippen LogP) is 0.966. The smallest absolute Gasteiger partial charge is 0.0549 e. The van der Waals surface area contributed by atoms with Gasteiger partial charge < -0.3 is 5.11 Å². The van der Waals surface area contributed by atoms with E-state index in [-0.39, 0.29) is 0 Å². The Morgan fingerprint density at radius 3 is 2.33 bits per heavy atom. The number of aliphatic hydroxyl groups excluding tert-OH is 1. The van der Waals surface area contributed by atoms with Crippen molar-refractivity contribution in [2.75, 3.05) is 5.33 Å². The molecule has 1 atom stereocenters. The van der Waals surface area contributed by atoms with Crippen molar-refractivity contribution in [3.63, 3.8) is 0 Å². The standard InChI is InChI=1S/C4H8BrO/c1-4(6)2-3-5/h4,6H,1-3H2. The van der Waals surface area contributed by atoms with Gasteiger partial charge in [-0.25, -0.2) is 0 Å². The lowest BCUT2D eigenvalue weighted by atomic mass is 10.3. The fourth-order valence-corrected chi connectivity index (χ4v) is 0.654. The second kappa shape index (κ2) is 3.62. The number of hydrogen-bond donors (Lipinski definition) is 1. The largest absolute Gasteiger partial charge is 0.393 e. The van der Waals surface area contributed by atoms with E-state index >= 15 is 0 Å². The monoisotopic (exact) mass is 151 g/mol. The van der Waals surface area contributed by atoms with E-state index in [9.17, 15) is 0 Å². The van der Waals surface area contributed by atoms with Crippen LogP contribution < -0.4 is 0 Å². The molecule has 1 N–H and O–H groups in total. The van der Waals surface area contributed by atoms with E-state index in [0.717, 1.165) is 11.8 Å². The quantitative estimate of drug-likeness (QED) is 0.584. The zero-order valence-corrected chi connectivity index (χ0v) is 5.11. The fourth-order valence-electron chi connectivity index (χ4n) is 0.126. The van der Waals surface area contributed by atoms with Crippen LogP contribution in [-0.4, -0.2) is 16.5 Å². The van der Waals surface area contributed by atoms with Gasteiger partial charge in [0.05, 0.1) is 6.10 Å². The maximum absolute atomic E-state index is 8.41. The summed E-state index contributed by atoms with van der Waals surface area (Å²) in [4.78, 5) is 0. The minimum absolute atomic E-state index is 0.399. The summed E-state index contributed by atoms with van der Waals surface area (Å²) in [7, 11) is 0. The van der Waals surface area contributed by atoms with Gasteiger partial charge in [-0.3, -0.25) is 0 Å². The Morgan fingerprint density at radius 2 is 2.33 bits per heavy atom. The molecule has 0 bridgehead atoms. The van der Waals surface area contributed by atoms with Crippen molar-refractivity contribution < 1.29 is 5.11 Å². The minimum atomic E-state index is -0.399. The van der Waals surface area contributed by atoms with Gasteiger partial charge in [-0.2, -0.15) is 0 Å². The van der Waals surface area contributed by atoms with Crippen molar-refractivity contribution >= 4 is 15.9 Å². The molecule has 0 aromatic carbocycles. The summed E-state index contributed by atoms with van der Waals surface area (Å²) >= 11 is 3.15. The van der Waals surface area contributed by atoms with Gasteiger partial charge in [0.2, 0.25) is 0 Å². The van der Waals surface area contributed by atoms with E-state index in [2.05, 4.69) is 22.9 Å². The van der Waals surface area contributed by atoms with Crippen LogP contribution in [0.15, 0.2) is 0 Å². The lowest BCUT2D eigenvalue weighted by Gasteiger charge is -1.94. The average molecular weight is 152 g/mol. The Hall–Kier alpha value is 0.440. The van der Waals surface area contributed by atoms with Gasteiger partial charge in [-0.05, 0) is 13.3 Å². The number of aliphatic hydroxyl groups is 1.